The van der Waals surface area contributed by atoms with Crippen molar-refractivity contribution in [2.24, 2.45) is 0 Å². The Morgan fingerprint density at radius 2 is 1.94 bits per heavy atom. The molecule has 0 radical (unpaired) electrons. The second-order valence-corrected chi connectivity index (χ2v) is 5.07. The maximum atomic E-state index is 4.68. The molecule has 0 amide bonds. The van der Waals surface area contributed by atoms with Gasteiger partial charge in [0.15, 0.2) is 0 Å². The average molecular weight is 239 g/mol. The van der Waals surface area contributed by atoms with Crippen LogP contribution in [0.1, 0.15) is 12.5 Å². The first kappa shape index (κ1) is 10.5. The number of fused-ring (bicyclic) bond motifs is 1. The molecule has 1 nitrogen and oxygen atoms in total. The van der Waals surface area contributed by atoms with Crippen molar-refractivity contribution in [1.29, 1.82) is 0 Å². The summed E-state index contributed by atoms with van der Waals surface area (Å²) in [6, 6.07) is 16.9. The Bertz CT molecular complexity index is 622. The maximum absolute atomic E-state index is 4.68. The fraction of sp³-hybridized carbons (Fsp3) is 0.133. The molecule has 1 heterocycles. The molecule has 84 valence electrons. The monoisotopic (exact) mass is 239 g/mol. The van der Waals surface area contributed by atoms with Gasteiger partial charge in [-0.15, -0.1) is 11.3 Å². The van der Waals surface area contributed by atoms with Crippen LogP contribution < -0.4 is 0 Å². The normalized spacial score (nSPS) is 10.9. The molecule has 0 aliphatic rings. The Morgan fingerprint density at radius 3 is 2.76 bits per heavy atom. The SMILES string of the molecule is CCc1cccc(-c2nc3ccccc3s2)c1. The third-order valence-corrected chi connectivity index (χ3v) is 3.96. The zero-order valence-electron chi connectivity index (χ0n) is 9.68. The summed E-state index contributed by atoms with van der Waals surface area (Å²) in [6.07, 6.45) is 1.07. The molecule has 2 aromatic carbocycles. The average Bonchev–Trinajstić information content (AvgIpc) is 2.82. The number of nitrogens with zero attached hydrogens (tertiary/aromatic N) is 1. The Hall–Kier alpha value is -1.67. The van der Waals surface area contributed by atoms with Gasteiger partial charge in [-0.2, -0.15) is 0 Å². The van der Waals surface area contributed by atoms with Crippen molar-refractivity contribution in [1.82, 2.24) is 4.98 Å². The summed E-state index contributed by atoms with van der Waals surface area (Å²) in [6.45, 7) is 2.18. The second-order valence-electron chi connectivity index (χ2n) is 4.04. The van der Waals surface area contributed by atoms with E-state index in [2.05, 4.69) is 54.4 Å². The molecule has 0 saturated carbocycles. The van der Waals surface area contributed by atoms with Gasteiger partial charge in [0.2, 0.25) is 0 Å². The van der Waals surface area contributed by atoms with Crippen molar-refractivity contribution < 1.29 is 0 Å². The minimum atomic E-state index is 1.07. The van der Waals surface area contributed by atoms with E-state index in [1.54, 1.807) is 11.3 Å². The van der Waals surface area contributed by atoms with Gasteiger partial charge in [-0.25, -0.2) is 4.98 Å². The Kier molecular flexibility index (Phi) is 2.65. The minimum absolute atomic E-state index is 1.07. The van der Waals surface area contributed by atoms with E-state index >= 15 is 0 Å². The van der Waals surface area contributed by atoms with Crippen molar-refractivity contribution in [3.05, 3.63) is 54.1 Å². The number of benzene rings is 2. The van der Waals surface area contributed by atoms with E-state index in [4.69, 9.17) is 0 Å². The Labute approximate surface area is 105 Å². The fourth-order valence-electron chi connectivity index (χ4n) is 1.92. The summed E-state index contributed by atoms with van der Waals surface area (Å²) < 4.78 is 1.25. The van der Waals surface area contributed by atoms with Crippen molar-refractivity contribution in [2.75, 3.05) is 0 Å². The van der Waals surface area contributed by atoms with Gasteiger partial charge in [0.05, 0.1) is 10.2 Å². The highest BCUT2D eigenvalue weighted by atomic mass is 32.1. The van der Waals surface area contributed by atoms with Gasteiger partial charge in [0, 0.05) is 5.56 Å². The van der Waals surface area contributed by atoms with Crippen LogP contribution in [0.25, 0.3) is 20.8 Å². The van der Waals surface area contributed by atoms with Gasteiger partial charge in [0.1, 0.15) is 5.01 Å². The molecule has 0 fully saturated rings. The smallest absolute Gasteiger partial charge is 0.124 e. The number of hydrogen-bond acceptors (Lipinski definition) is 2. The molecule has 0 saturated heterocycles. The predicted molar refractivity (Wildman–Crippen MR) is 74.4 cm³/mol. The van der Waals surface area contributed by atoms with Gasteiger partial charge in [-0.3, -0.25) is 0 Å². The summed E-state index contributed by atoms with van der Waals surface area (Å²) in [5.41, 5.74) is 3.68. The van der Waals surface area contributed by atoms with Gasteiger partial charge < -0.3 is 0 Å². The first-order valence-corrected chi connectivity index (χ1v) is 6.63. The van der Waals surface area contributed by atoms with E-state index in [1.165, 1.54) is 15.8 Å². The zero-order chi connectivity index (χ0) is 11.7. The van der Waals surface area contributed by atoms with Crippen molar-refractivity contribution in [3.63, 3.8) is 0 Å². The molecule has 0 N–H and O–H groups in total. The van der Waals surface area contributed by atoms with Crippen LogP contribution in [0.3, 0.4) is 0 Å². The fourth-order valence-corrected chi connectivity index (χ4v) is 2.88. The first-order valence-electron chi connectivity index (χ1n) is 5.81. The van der Waals surface area contributed by atoms with Crippen LogP contribution in [-0.2, 0) is 6.42 Å². The lowest BCUT2D eigenvalue weighted by molar-refractivity contribution is 1.14. The summed E-state index contributed by atoms with van der Waals surface area (Å²) in [5.74, 6) is 0. The quantitative estimate of drug-likeness (QED) is 0.640. The highest BCUT2D eigenvalue weighted by Gasteiger charge is 2.05. The van der Waals surface area contributed by atoms with E-state index in [1.807, 2.05) is 6.07 Å². The minimum Gasteiger partial charge on any atom is -0.236 e. The highest BCUT2D eigenvalue weighted by molar-refractivity contribution is 7.21. The van der Waals surface area contributed by atoms with Crippen LogP contribution in [0.15, 0.2) is 48.5 Å². The number of para-hydroxylation sites is 1. The van der Waals surface area contributed by atoms with E-state index in [-0.39, 0.29) is 0 Å². The number of aromatic nitrogens is 1. The van der Waals surface area contributed by atoms with Crippen LogP contribution in [0.2, 0.25) is 0 Å². The van der Waals surface area contributed by atoms with Gasteiger partial charge in [0.25, 0.3) is 0 Å². The van der Waals surface area contributed by atoms with Crippen LogP contribution in [0.4, 0.5) is 0 Å². The highest BCUT2D eigenvalue weighted by Crippen LogP contribution is 2.30. The molecule has 0 aliphatic heterocycles. The molecular formula is C15H13NS. The standard InChI is InChI=1S/C15H13NS/c1-2-11-6-5-7-12(10-11)15-16-13-8-3-4-9-14(13)17-15/h3-10H,2H2,1H3. The lowest BCUT2D eigenvalue weighted by Gasteiger charge is -1.99. The topological polar surface area (TPSA) is 12.9 Å². The number of aryl methyl sites for hydroxylation is 1. The molecule has 0 atom stereocenters. The van der Waals surface area contributed by atoms with Crippen molar-refractivity contribution in [2.45, 2.75) is 13.3 Å². The summed E-state index contributed by atoms with van der Waals surface area (Å²) in [5, 5.41) is 1.11. The number of thiazole rings is 1. The zero-order valence-corrected chi connectivity index (χ0v) is 10.5. The molecule has 0 bridgehead atoms. The molecule has 0 spiro atoms. The predicted octanol–water partition coefficient (Wildman–Crippen LogP) is 4.53. The lowest BCUT2D eigenvalue weighted by atomic mass is 10.1. The molecule has 3 aromatic rings. The van der Waals surface area contributed by atoms with E-state index in [0.717, 1.165) is 16.9 Å². The number of rotatable bonds is 2. The van der Waals surface area contributed by atoms with Gasteiger partial charge >= 0.3 is 0 Å². The Balaban J connectivity index is 2.13. The van der Waals surface area contributed by atoms with Crippen LogP contribution in [-0.4, -0.2) is 4.98 Å². The Morgan fingerprint density at radius 1 is 1.06 bits per heavy atom. The van der Waals surface area contributed by atoms with E-state index in [0.29, 0.717) is 0 Å². The molecule has 17 heavy (non-hydrogen) atoms. The first-order chi connectivity index (χ1) is 8.36. The molecule has 0 unspecified atom stereocenters. The summed E-state index contributed by atoms with van der Waals surface area (Å²) in [4.78, 5) is 4.68. The molecule has 2 heteroatoms. The van der Waals surface area contributed by atoms with Gasteiger partial charge in [-0.05, 0) is 30.2 Å². The maximum Gasteiger partial charge on any atom is 0.124 e. The van der Waals surface area contributed by atoms with Crippen LogP contribution in [0, 0.1) is 0 Å². The van der Waals surface area contributed by atoms with E-state index < -0.39 is 0 Å². The summed E-state index contributed by atoms with van der Waals surface area (Å²) >= 11 is 1.76. The largest absolute Gasteiger partial charge is 0.236 e. The van der Waals surface area contributed by atoms with Crippen LogP contribution in [0.5, 0.6) is 0 Å². The molecule has 3 rings (SSSR count). The molecule has 1 aromatic heterocycles. The second kappa shape index (κ2) is 4.30. The van der Waals surface area contributed by atoms with Crippen LogP contribution >= 0.6 is 11.3 Å². The van der Waals surface area contributed by atoms with Gasteiger partial charge in [-0.1, -0.05) is 37.3 Å². The third-order valence-electron chi connectivity index (χ3n) is 2.88. The third kappa shape index (κ3) is 1.96. The lowest BCUT2D eigenvalue weighted by Crippen LogP contribution is -1.81. The molecular weight excluding hydrogens is 226 g/mol. The summed E-state index contributed by atoms with van der Waals surface area (Å²) in [7, 11) is 0. The molecule has 0 aliphatic carbocycles. The van der Waals surface area contributed by atoms with Crippen molar-refractivity contribution >= 4 is 21.6 Å². The van der Waals surface area contributed by atoms with Crippen molar-refractivity contribution in [3.8, 4) is 10.6 Å². The number of hydrogen-bond donors (Lipinski definition) is 0. The van der Waals surface area contributed by atoms with E-state index in [9.17, 15) is 0 Å².